The molecular weight excluding hydrogens is 284 g/mol. The number of fused-ring (bicyclic) bond motifs is 2. The first-order valence-electron chi connectivity index (χ1n) is 6.90. The third-order valence-electron chi connectivity index (χ3n) is 3.94. The maximum absolute atomic E-state index is 12.4. The SMILES string of the molecule is O=C(Cc1ccc2c(c1)CCC2)c1cc2sccc2s1. The minimum absolute atomic E-state index is 0.247. The number of Topliss-reactive ketones (excluding diaryl/α,β-unsaturated/α-hetero) is 1. The van der Waals surface area contributed by atoms with E-state index in [4.69, 9.17) is 0 Å². The average Bonchev–Trinajstić information content (AvgIpc) is 3.12. The lowest BCUT2D eigenvalue weighted by molar-refractivity contribution is 0.0997. The van der Waals surface area contributed by atoms with Crippen LogP contribution in [0.4, 0.5) is 0 Å². The molecule has 0 saturated heterocycles. The van der Waals surface area contributed by atoms with Crippen molar-refractivity contribution in [3.05, 3.63) is 57.3 Å². The van der Waals surface area contributed by atoms with Crippen LogP contribution in [-0.4, -0.2) is 5.78 Å². The molecule has 0 aliphatic heterocycles. The van der Waals surface area contributed by atoms with Gasteiger partial charge in [-0.15, -0.1) is 22.7 Å². The van der Waals surface area contributed by atoms with Crippen LogP contribution in [0.1, 0.15) is 32.8 Å². The first kappa shape index (κ1) is 12.3. The molecule has 0 fully saturated rings. The highest BCUT2D eigenvalue weighted by Crippen LogP contribution is 2.31. The van der Waals surface area contributed by atoms with Gasteiger partial charge in [-0.05, 0) is 53.5 Å². The minimum atomic E-state index is 0.247. The van der Waals surface area contributed by atoms with Crippen molar-refractivity contribution in [3.8, 4) is 0 Å². The summed E-state index contributed by atoms with van der Waals surface area (Å²) in [6, 6.07) is 10.7. The number of carbonyl (C=O) groups is 1. The predicted octanol–water partition coefficient (Wildman–Crippen LogP) is 4.88. The minimum Gasteiger partial charge on any atom is -0.293 e. The molecule has 3 heteroatoms. The Labute approximate surface area is 125 Å². The van der Waals surface area contributed by atoms with E-state index >= 15 is 0 Å². The zero-order valence-electron chi connectivity index (χ0n) is 11.0. The van der Waals surface area contributed by atoms with Crippen LogP contribution in [0.2, 0.25) is 0 Å². The van der Waals surface area contributed by atoms with Crippen molar-refractivity contribution in [2.75, 3.05) is 0 Å². The van der Waals surface area contributed by atoms with Gasteiger partial charge < -0.3 is 0 Å². The number of hydrogen-bond donors (Lipinski definition) is 0. The standard InChI is InChI=1S/C17H14OS2/c18-14(16-10-17-15(20-16)6-7-19-17)9-11-4-5-12-2-1-3-13(12)8-11/h4-8,10H,1-3,9H2. The van der Waals surface area contributed by atoms with Crippen molar-refractivity contribution in [1.82, 2.24) is 0 Å². The Balaban J connectivity index is 1.59. The van der Waals surface area contributed by atoms with E-state index in [9.17, 15) is 4.79 Å². The zero-order valence-corrected chi connectivity index (χ0v) is 12.7. The Kier molecular flexibility index (Phi) is 2.97. The summed E-state index contributed by atoms with van der Waals surface area (Å²) >= 11 is 3.32. The quantitative estimate of drug-likeness (QED) is 0.630. The number of aryl methyl sites for hydroxylation is 2. The van der Waals surface area contributed by atoms with Crippen LogP contribution in [0.15, 0.2) is 35.7 Å². The number of benzene rings is 1. The highest BCUT2D eigenvalue weighted by molar-refractivity contribution is 7.27. The molecule has 1 nitrogen and oxygen atoms in total. The third-order valence-corrected chi connectivity index (χ3v) is 6.08. The van der Waals surface area contributed by atoms with Crippen LogP contribution in [0.25, 0.3) is 9.40 Å². The zero-order chi connectivity index (χ0) is 13.5. The van der Waals surface area contributed by atoms with Gasteiger partial charge in [0.05, 0.1) is 4.88 Å². The van der Waals surface area contributed by atoms with Crippen LogP contribution in [0.5, 0.6) is 0 Å². The molecule has 0 atom stereocenters. The van der Waals surface area contributed by atoms with Gasteiger partial charge >= 0.3 is 0 Å². The van der Waals surface area contributed by atoms with Gasteiger partial charge in [-0.3, -0.25) is 4.79 Å². The molecule has 1 aromatic carbocycles. The second-order valence-electron chi connectivity index (χ2n) is 5.32. The molecule has 2 heterocycles. The highest BCUT2D eigenvalue weighted by atomic mass is 32.1. The smallest absolute Gasteiger partial charge is 0.177 e. The Morgan fingerprint density at radius 2 is 1.95 bits per heavy atom. The number of thiophene rings is 2. The van der Waals surface area contributed by atoms with Gasteiger partial charge in [0.15, 0.2) is 5.78 Å². The Hall–Kier alpha value is -1.45. The summed E-state index contributed by atoms with van der Waals surface area (Å²) in [5.41, 5.74) is 4.08. The summed E-state index contributed by atoms with van der Waals surface area (Å²) in [6.07, 6.45) is 4.16. The van der Waals surface area contributed by atoms with Crippen LogP contribution in [0.3, 0.4) is 0 Å². The molecule has 2 aromatic heterocycles. The average molecular weight is 298 g/mol. The molecule has 4 rings (SSSR count). The van der Waals surface area contributed by atoms with E-state index < -0.39 is 0 Å². The molecule has 0 bridgehead atoms. The molecule has 3 aromatic rings. The largest absolute Gasteiger partial charge is 0.293 e. The van der Waals surface area contributed by atoms with Gasteiger partial charge in [0.2, 0.25) is 0 Å². The third kappa shape index (κ3) is 2.11. The molecule has 0 spiro atoms. The molecule has 0 saturated carbocycles. The first-order chi connectivity index (χ1) is 9.79. The molecule has 1 aliphatic carbocycles. The molecule has 1 aliphatic rings. The van der Waals surface area contributed by atoms with E-state index in [0.717, 1.165) is 10.4 Å². The van der Waals surface area contributed by atoms with Gasteiger partial charge in [-0.1, -0.05) is 18.2 Å². The molecule has 0 N–H and O–H groups in total. The van der Waals surface area contributed by atoms with E-state index in [1.807, 2.05) is 6.07 Å². The second-order valence-corrected chi connectivity index (χ2v) is 7.35. The van der Waals surface area contributed by atoms with Crippen LogP contribution in [-0.2, 0) is 19.3 Å². The number of carbonyl (C=O) groups excluding carboxylic acids is 1. The van der Waals surface area contributed by atoms with Gasteiger partial charge in [0, 0.05) is 15.8 Å². The lowest BCUT2D eigenvalue weighted by Gasteiger charge is -2.03. The fourth-order valence-corrected chi connectivity index (χ4v) is 4.96. The van der Waals surface area contributed by atoms with Gasteiger partial charge in [0.25, 0.3) is 0 Å². The summed E-state index contributed by atoms with van der Waals surface area (Å²) in [5, 5.41) is 2.08. The monoisotopic (exact) mass is 298 g/mol. The Bertz CT molecular complexity index is 766. The lowest BCUT2D eigenvalue weighted by Crippen LogP contribution is -2.01. The maximum Gasteiger partial charge on any atom is 0.177 e. The number of hydrogen-bond acceptors (Lipinski definition) is 3. The van der Waals surface area contributed by atoms with E-state index in [1.165, 1.54) is 39.8 Å². The first-order valence-corrected chi connectivity index (χ1v) is 8.60. The molecule has 0 amide bonds. The fraction of sp³-hybridized carbons (Fsp3) is 0.235. The summed E-state index contributed by atoms with van der Waals surface area (Å²) < 4.78 is 2.46. The van der Waals surface area contributed by atoms with Crippen LogP contribution >= 0.6 is 22.7 Å². The predicted molar refractivity (Wildman–Crippen MR) is 86.2 cm³/mol. The molecule has 0 unspecified atom stereocenters. The lowest BCUT2D eigenvalue weighted by atomic mass is 10.0. The molecule has 0 radical (unpaired) electrons. The van der Waals surface area contributed by atoms with Crippen molar-refractivity contribution in [3.63, 3.8) is 0 Å². The maximum atomic E-state index is 12.4. The molecule has 20 heavy (non-hydrogen) atoms. The normalized spacial score (nSPS) is 13.8. The summed E-state index contributed by atoms with van der Waals surface area (Å²) in [4.78, 5) is 13.3. The second kappa shape index (κ2) is 4.83. The van der Waals surface area contributed by atoms with Gasteiger partial charge in [-0.25, -0.2) is 0 Å². The molecular formula is C17H14OS2. The topological polar surface area (TPSA) is 17.1 Å². The summed E-state index contributed by atoms with van der Waals surface area (Å²) in [7, 11) is 0. The highest BCUT2D eigenvalue weighted by Gasteiger charge is 2.15. The van der Waals surface area contributed by atoms with Crippen molar-refractivity contribution in [2.24, 2.45) is 0 Å². The van der Waals surface area contributed by atoms with Crippen molar-refractivity contribution < 1.29 is 4.79 Å². The van der Waals surface area contributed by atoms with Crippen molar-refractivity contribution in [2.45, 2.75) is 25.7 Å². The van der Waals surface area contributed by atoms with E-state index in [0.29, 0.717) is 6.42 Å². The van der Waals surface area contributed by atoms with Crippen molar-refractivity contribution >= 4 is 37.9 Å². The van der Waals surface area contributed by atoms with E-state index in [-0.39, 0.29) is 5.78 Å². The summed E-state index contributed by atoms with van der Waals surface area (Å²) in [6.45, 7) is 0. The Morgan fingerprint density at radius 3 is 2.85 bits per heavy atom. The van der Waals surface area contributed by atoms with Crippen molar-refractivity contribution in [1.29, 1.82) is 0 Å². The summed E-state index contributed by atoms with van der Waals surface area (Å²) in [5.74, 6) is 0.247. The molecule has 100 valence electrons. The van der Waals surface area contributed by atoms with E-state index in [1.54, 1.807) is 22.7 Å². The fourth-order valence-electron chi connectivity index (χ4n) is 2.91. The Morgan fingerprint density at radius 1 is 1.05 bits per heavy atom. The van der Waals surface area contributed by atoms with Crippen LogP contribution < -0.4 is 0 Å². The van der Waals surface area contributed by atoms with Crippen LogP contribution in [0, 0.1) is 0 Å². The number of ketones is 1. The van der Waals surface area contributed by atoms with Gasteiger partial charge in [-0.2, -0.15) is 0 Å². The van der Waals surface area contributed by atoms with Gasteiger partial charge in [0.1, 0.15) is 0 Å². The number of rotatable bonds is 3. The van der Waals surface area contributed by atoms with E-state index in [2.05, 4.69) is 29.6 Å².